The van der Waals surface area contributed by atoms with Gasteiger partial charge in [-0.2, -0.15) is 18.2 Å². The molecule has 1 saturated heterocycles. The van der Waals surface area contributed by atoms with Gasteiger partial charge in [0.05, 0.1) is 17.5 Å². The van der Waals surface area contributed by atoms with Gasteiger partial charge in [-0.1, -0.05) is 52.8 Å². The molecule has 3 aromatic heterocycles. The van der Waals surface area contributed by atoms with Gasteiger partial charge in [0.15, 0.2) is 5.82 Å². The second-order valence-corrected chi connectivity index (χ2v) is 11.2. The summed E-state index contributed by atoms with van der Waals surface area (Å²) in [6.07, 6.45) is 0.501. The van der Waals surface area contributed by atoms with Crippen LogP contribution in [0.5, 0.6) is 5.19 Å². The molecule has 0 saturated carbocycles. The number of ether oxygens (including phenoxy) is 1. The van der Waals surface area contributed by atoms with Gasteiger partial charge in [0.2, 0.25) is 4.96 Å². The minimum absolute atomic E-state index is 0.0346. The van der Waals surface area contributed by atoms with Crippen LogP contribution >= 0.6 is 23.1 Å². The normalized spacial score (nSPS) is 14.9. The summed E-state index contributed by atoms with van der Waals surface area (Å²) in [6.45, 7) is 15.7. The molecule has 4 aromatic rings. The van der Waals surface area contributed by atoms with Crippen molar-refractivity contribution in [2.45, 2.75) is 84.4 Å². The molecule has 1 aromatic carbocycles. The van der Waals surface area contributed by atoms with Gasteiger partial charge in [-0.05, 0) is 55.4 Å². The zero-order valence-corrected chi connectivity index (χ0v) is 26.5. The molecular formula is C28H39F3N6O2S2. The number of aromatic nitrogens is 5. The van der Waals surface area contributed by atoms with E-state index in [-0.39, 0.29) is 23.3 Å². The van der Waals surface area contributed by atoms with Crippen LogP contribution in [0.4, 0.5) is 19.2 Å². The molecule has 1 atom stereocenters. The lowest BCUT2D eigenvalue weighted by Gasteiger charge is -2.33. The van der Waals surface area contributed by atoms with Crippen molar-refractivity contribution in [2.75, 3.05) is 24.2 Å². The second kappa shape index (κ2) is 14.4. The van der Waals surface area contributed by atoms with E-state index in [9.17, 15) is 13.2 Å². The predicted octanol–water partition coefficient (Wildman–Crippen LogP) is 8.44. The number of hydrogen-bond acceptors (Lipinski definition) is 9. The van der Waals surface area contributed by atoms with Crippen molar-refractivity contribution in [3.8, 4) is 16.5 Å². The molecule has 8 nitrogen and oxygen atoms in total. The summed E-state index contributed by atoms with van der Waals surface area (Å²) in [7, 11) is 0. The number of rotatable bonds is 7. The quantitative estimate of drug-likeness (QED) is 0.192. The molecule has 0 radical (unpaired) electrons. The van der Waals surface area contributed by atoms with E-state index in [0.717, 1.165) is 32.0 Å². The standard InChI is InChI=1S/C24H27F3N6O2S2.2C2H6/c1-13(2)20-29-21(35-31-20)32-9-7-15(8-10-32)14(3)34-23-30-33-12-19(28-22(33)37-23)17-6-5-16(36-4)11-18(17)24(25,26)27;2*1-2/h5-6,11-15H,7-10H2,1-4H3;2*1-2H3. The molecule has 1 unspecified atom stereocenters. The summed E-state index contributed by atoms with van der Waals surface area (Å²) in [6, 6.07) is 4.85. The van der Waals surface area contributed by atoms with Gasteiger partial charge in [-0.25, -0.2) is 9.50 Å². The van der Waals surface area contributed by atoms with Crippen LogP contribution in [0.1, 0.15) is 78.6 Å². The number of thioether (sulfide) groups is 1. The summed E-state index contributed by atoms with van der Waals surface area (Å²) in [5.41, 5.74) is -0.442. The van der Waals surface area contributed by atoms with Crippen LogP contribution in [0.15, 0.2) is 33.8 Å². The molecule has 13 heteroatoms. The number of benzene rings is 1. The van der Waals surface area contributed by atoms with Gasteiger partial charge in [0, 0.05) is 29.5 Å². The Balaban J connectivity index is 0.00000111. The molecule has 0 N–H and O–H groups in total. The van der Waals surface area contributed by atoms with Crippen molar-refractivity contribution in [1.82, 2.24) is 24.7 Å². The number of hydrogen-bond donors (Lipinski definition) is 0. The molecule has 0 aliphatic carbocycles. The van der Waals surface area contributed by atoms with E-state index < -0.39 is 11.7 Å². The van der Waals surface area contributed by atoms with Crippen molar-refractivity contribution < 1.29 is 22.4 Å². The Morgan fingerprint density at radius 1 is 1.07 bits per heavy atom. The van der Waals surface area contributed by atoms with Crippen LogP contribution in [0.25, 0.3) is 16.2 Å². The molecule has 1 fully saturated rings. The van der Waals surface area contributed by atoms with Crippen LogP contribution in [-0.4, -0.2) is 50.2 Å². The number of alkyl halides is 3. The minimum Gasteiger partial charge on any atom is -0.466 e. The van der Waals surface area contributed by atoms with Crippen molar-refractivity contribution >= 4 is 34.1 Å². The number of anilines is 1. The van der Waals surface area contributed by atoms with E-state index in [1.807, 2.05) is 48.5 Å². The van der Waals surface area contributed by atoms with E-state index in [0.29, 0.717) is 32.8 Å². The molecule has 0 amide bonds. The van der Waals surface area contributed by atoms with Crippen LogP contribution in [0.3, 0.4) is 0 Å². The number of piperidine rings is 1. The van der Waals surface area contributed by atoms with E-state index in [1.54, 1.807) is 12.3 Å². The Bertz CT molecular complexity index is 1350. The SMILES string of the molecule is CC.CC.CSc1ccc(-c2cn3nc(OC(C)C4CCN(c5nc(C(C)C)no5)CC4)sc3n2)c(C(F)(F)F)c1. The predicted molar refractivity (Wildman–Crippen MR) is 159 cm³/mol. The Morgan fingerprint density at radius 3 is 2.32 bits per heavy atom. The Labute approximate surface area is 247 Å². The first-order valence-corrected chi connectivity index (χ1v) is 16.0. The minimum atomic E-state index is -4.48. The van der Waals surface area contributed by atoms with Crippen LogP contribution < -0.4 is 9.64 Å². The van der Waals surface area contributed by atoms with Crippen molar-refractivity contribution in [1.29, 1.82) is 0 Å². The van der Waals surface area contributed by atoms with Gasteiger partial charge < -0.3 is 14.2 Å². The number of fused-ring (bicyclic) bond motifs is 1. The first kappa shape index (κ1) is 32.7. The number of imidazole rings is 1. The van der Waals surface area contributed by atoms with E-state index in [2.05, 4.69) is 25.1 Å². The van der Waals surface area contributed by atoms with Crippen LogP contribution in [0, 0.1) is 5.92 Å². The molecular weight excluding hydrogens is 573 g/mol. The summed E-state index contributed by atoms with van der Waals surface area (Å²) < 4.78 is 54.0. The highest BCUT2D eigenvalue weighted by Crippen LogP contribution is 2.39. The molecule has 0 spiro atoms. The van der Waals surface area contributed by atoms with Crippen LogP contribution in [0.2, 0.25) is 0 Å². The van der Waals surface area contributed by atoms with Gasteiger partial charge in [0.1, 0.15) is 6.10 Å². The summed E-state index contributed by atoms with van der Waals surface area (Å²) >= 11 is 2.48. The van der Waals surface area contributed by atoms with Crippen molar-refractivity contribution in [3.05, 3.63) is 35.8 Å². The van der Waals surface area contributed by atoms with Crippen LogP contribution in [-0.2, 0) is 6.18 Å². The highest BCUT2D eigenvalue weighted by atomic mass is 32.2. The number of halogens is 3. The third-order valence-electron chi connectivity index (χ3n) is 6.54. The maximum absolute atomic E-state index is 13.7. The van der Waals surface area contributed by atoms with Gasteiger partial charge in [0.25, 0.3) is 5.19 Å². The first-order chi connectivity index (χ1) is 19.6. The maximum atomic E-state index is 13.7. The molecule has 1 aliphatic heterocycles. The lowest BCUT2D eigenvalue weighted by molar-refractivity contribution is -0.137. The highest BCUT2D eigenvalue weighted by molar-refractivity contribution is 7.98. The smallest absolute Gasteiger partial charge is 0.417 e. The fourth-order valence-corrected chi connectivity index (χ4v) is 5.63. The fourth-order valence-electron chi connectivity index (χ4n) is 4.37. The van der Waals surface area contributed by atoms with Crippen molar-refractivity contribution in [3.63, 3.8) is 0 Å². The van der Waals surface area contributed by atoms with E-state index >= 15 is 0 Å². The maximum Gasteiger partial charge on any atom is 0.417 e. The third-order valence-corrected chi connectivity index (χ3v) is 8.08. The zero-order chi connectivity index (χ0) is 30.3. The lowest BCUT2D eigenvalue weighted by Crippen LogP contribution is -2.38. The van der Waals surface area contributed by atoms with Gasteiger partial charge >= 0.3 is 12.2 Å². The zero-order valence-electron chi connectivity index (χ0n) is 24.8. The topological polar surface area (TPSA) is 81.6 Å². The average molecular weight is 613 g/mol. The Kier molecular flexibility index (Phi) is 11.5. The van der Waals surface area contributed by atoms with Gasteiger partial charge in [-0.15, -0.1) is 16.9 Å². The van der Waals surface area contributed by atoms with E-state index in [1.165, 1.54) is 39.9 Å². The van der Waals surface area contributed by atoms with Crippen molar-refractivity contribution in [2.24, 2.45) is 5.92 Å². The molecule has 226 valence electrons. The monoisotopic (exact) mass is 612 g/mol. The summed E-state index contributed by atoms with van der Waals surface area (Å²) in [5.74, 6) is 1.24. The molecule has 5 rings (SSSR count). The molecule has 1 aliphatic rings. The second-order valence-electron chi connectivity index (χ2n) is 9.37. The third kappa shape index (κ3) is 7.73. The Hall–Kier alpha value is -2.80. The van der Waals surface area contributed by atoms with Gasteiger partial charge in [-0.3, -0.25) is 0 Å². The van der Waals surface area contributed by atoms with E-state index in [4.69, 9.17) is 9.26 Å². The molecule has 0 bridgehead atoms. The average Bonchev–Trinajstić information content (AvgIpc) is 3.70. The highest BCUT2D eigenvalue weighted by Gasteiger charge is 2.35. The summed E-state index contributed by atoms with van der Waals surface area (Å²) in [5, 5.41) is 8.91. The molecule has 41 heavy (non-hydrogen) atoms. The first-order valence-electron chi connectivity index (χ1n) is 14.0. The number of nitrogens with zero attached hydrogens (tertiary/aromatic N) is 6. The lowest BCUT2D eigenvalue weighted by atomic mass is 9.92. The fraction of sp³-hybridized carbons (Fsp3) is 0.571. The Morgan fingerprint density at radius 2 is 1.76 bits per heavy atom. The summed E-state index contributed by atoms with van der Waals surface area (Å²) in [4.78, 5) is 12.0. The molecule has 4 heterocycles. The largest absolute Gasteiger partial charge is 0.466 e.